The first-order chi connectivity index (χ1) is 14.1. The summed E-state index contributed by atoms with van der Waals surface area (Å²) in [5.41, 5.74) is 1.19. The second kappa shape index (κ2) is 6.21. The molecule has 8 bridgehead atoms. The van der Waals surface area contributed by atoms with Gasteiger partial charge in [-0.2, -0.15) is 0 Å². The van der Waals surface area contributed by atoms with Crippen molar-refractivity contribution in [3.05, 3.63) is 16.3 Å². The maximum absolute atomic E-state index is 6.17. The molecule has 0 amide bonds. The molecule has 1 nitrogen and oxygen atoms in total. The Bertz CT molecular complexity index is 717. The highest BCUT2D eigenvalue weighted by Crippen LogP contribution is 2.74. The summed E-state index contributed by atoms with van der Waals surface area (Å²) in [7, 11) is 0. The van der Waals surface area contributed by atoms with Gasteiger partial charge in [-0.15, -0.1) is 11.3 Å². The van der Waals surface area contributed by atoms with E-state index in [1.165, 1.54) is 5.75 Å². The molecule has 2 heteroatoms. The average Bonchev–Trinajstić information content (AvgIpc) is 3.07. The summed E-state index contributed by atoms with van der Waals surface area (Å²) in [6.45, 7) is 2.05. The van der Waals surface area contributed by atoms with Gasteiger partial charge in [0.25, 0.3) is 6.29 Å². The SMILES string of the molecule is CC=[O+]c1ccsc1C(C12CC3CC(CC(C3)C1)C2)C12CC3CC(CC(C3)C1)C2. The van der Waals surface area contributed by atoms with E-state index in [0.29, 0.717) is 10.8 Å². The van der Waals surface area contributed by atoms with Gasteiger partial charge in [0.15, 0.2) is 0 Å². The quantitative estimate of drug-likeness (QED) is 0.356. The molecule has 0 saturated heterocycles. The molecule has 8 aliphatic rings. The molecular weight excluding hydrogens is 372 g/mol. The third-order valence-corrected chi connectivity index (χ3v) is 11.5. The highest BCUT2D eigenvalue weighted by molar-refractivity contribution is 7.10. The van der Waals surface area contributed by atoms with Crippen LogP contribution in [0.3, 0.4) is 0 Å². The lowest BCUT2D eigenvalue weighted by Gasteiger charge is -2.67. The molecule has 0 atom stereocenters. The Morgan fingerprint density at radius 3 is 1.59 bits per heavy atom. The van der Waals surface area contributed by atoms with Crippen LogP contribution < -0.4 is 0 Å². The Balaban J connectivity index is 1.39. The number of hydrogen-bond acceptors (Lipinski definition) is 1. The molecule has 8 fully saturated rings. The smallest absolute Gasteiger partial charge is 0.220 e. The maximum Gasteiger partial charge on any atom is 0.366 e. The van der Waals surface area contributed by atoms with Crippen molar-refractivity contribution < 1.29 is 4.42 Å². The van der Waals surface area contributed by atoms with E-state index in [1.807, 2.05) is 13.2 Å². The summed E-state index contributed by atoms with van der Waals surface area (Å²) in [5.74, 6) is 8.25. The molecule has 0 unspecified atom stereocenters. The number of hydrogen-bond donors (Lipinski definition) is 0. The first kappa shape index (κ1) is 18.0. The second-order valence-electron chi connectivity index (χ2n) is 12.5. The van der Waals surface area contributed by atoms with Crippen molar-refractivity contribution >= 4 is 17.6 Å². The minimum atomic E-state index is 0.594. The summed E-state index contributed by atoms with van der Waals surface area (Å²) in [6.07, 6.45) is 20.5. The van der Waals surface area contributed by atoms with E-state index in [4.69, 9.17) is 4.42 Å². The van der Waals surface area contributed by atoms with Gasteiger partial charge in [-0.05, 0) is 123 Å². The van der Waals surface area contributed by atoms with Crippen LogP contribution in [-0.2, 0) is 4.42 Å². The molecule has 0 radical (unpaired) electrons. The Hall–Kier alpha value is -0.630. The molecule has 1 heterocycles. The lowest BCUT2D eigenvalue weighted by molar-refractivity contribution is -0.362. The van der Waals surface area contributed by atoms with Gasteiger partial charge >= 0.3 is 5.75 Å². The summed E-state index contributed by atoms with van der Waals surface area (Å²) in [5, 5.41) is 2.34. The lowest BCUT2D eigenvalue weighted by atomic mass is 9.38. The normalized spacial score (nSPS) is 50.7. The van der Waals surface area contributed by atoms with Crippen molar-refractivity contribution in [2.45, 2.75) is 89.9 Å². The van der Waals surface area contributed by atoms with Gasteiger partial charge in [0, 0.05) is 18.2 Å². The zero-order valence-electron chi connectivity index (χ0n) is 18.1. The molecule has 29 heavy (non-hydrogen) atoms. The van der Waals surface area contributed by atoms with Gasteiger partial charge in [-0.1, -0.05) is 0 Å². The monoisotopic (exact) mass is 409 g/mol. The molecule has 0 aromatic carbocycles. The number of thiophene rings is 1. The van der Waals surface area contributed by atoms with Crippen molar-refractivity contribution in [1.82, 2.24) is 0 Å². The zero-order chi connectivity index (χ0) is 19.2. The van der Waals surface area contributed by atoms with Crippen LogP contribution in [0.25, 0.3) is 0 Å². The molecule has 156 valence electrons. The first-order valence-electron chi connectivity index (χ1n) is 12.7. The minimum Gasteiger partial charge on any atom is -0.220 e. The van der Waals surface area contributed by atoms with Gasteiger partial charge in [0.05, 0.1) is 6.07 Å². The predicted octanol–water partition coefficient (Wildman–Crippen LogP) is 7.73. The van der Waals surface area contributed by atoms with Crippen LogP contribution in [0.5, 0.6) is 5.75 Å². The summed E-state index contributed by atoms with van der Waals surface area (Å²) in [4.78, 5) is 1.66. The van der Waals surface area contributed by atoms with E-state index in [9.17, 15) is 0 Å². The van der Waals surface area contributed by atoms with E-state index in [2.05, 4.69) is 22.8 Å². The summed E-state index contributed by atoms with van der Waals surface area (Å²) >= 11 is 2.05. The molecule has 9 rings (SSSR count). The van der Waals surface area contributed by atoms with E-state index < -0.39 is 0 Å². The highest BCUT2D eigenvalue weighted by Gasteiger charge is 2.64. The standard InChI is InChI=1S/C27H37OS/c1-2-28-23-3-4-29-24(23)25(26-11-17-5-18(12-26)7-19(6-17)13-26)27-14-20-8-21(15-27)10-22(9-20)16-27/h2-4,17-22,25H,5-16H2,1H3/q+1. The van der Waals surface area contributed by atoms with Crippen LogP contribution >= 0.6 is 11.3 Å². The van der Waals surface area contributed by atoms with Crippen LogP contribution in [0, 0.1) is 46.3 Å². The van der Waals surface area contributed by atoms with Crippen molar-refractivity contribution in [3.8, 4) is 5.75 Å². The van der Waals surface area contributed by atoms with Crippen LogP contribution in [-0.4, -0.2) is 6.29 Å². The van der Waals surface area contributed by atoms with Crippen LogP contribution in [0.2, 0.25) is 0 Å². The number of carbonyl (C=O) groups excluding carboxylic acids is 1. The fraction of sp³-hybridized carbons (Fsp3) is 0.815. The Kier molecular flexibility index (Phi) is 3.85. The Labute approximate surface area is 180 Å². The van der Waals surface area contributed by atoms with Crippen LogP contribution in [0.15, 0.2) is 11.4 Å². The lowest BCUT2D eigenvalue weighted by Crippen LogP contribution is -2.57. The van der Waals surface area contributed by atoms with Gasteiger partial charge in [-0.25, -0.2) is 4.42 Å². The molecule has 1 aromatic heterocycles. The molecular formula is C27H37OS+. The third-order valence-electron chi connectivity index (χ3n) is 10.6. The van der Waals surface area contributed by atoms with Crippen molar-refractivity contribution in [1.29, 1.82) is 0 Å². The number of aldehydes is 1. The fourth-order valence-electron chi connectivity index (χ4n) is 11.0. The Morgan fingerprint density at radius 1 is 0.793 bits per heavy atom. The van der Waals surface area contributed by atoms with E-state index >= 15 is 0 Å². The second-order valence-corrected chi connectivity index (χ2v) is 13.4. The van der Waals surface area contributed by atoms with E-state index in [0.717, 1.165) is 41.4 Å². The van der Waals surface area contributed by atoms with Gasteiger partial charge in [0.2, 0.25) is 0 Å². The predicted molar refractivity (Wildman–Crippen MR) is 119 cm³/mol. The van der Waals surface area contributed by atoms with E-state index in [-0.39, 0.29) is 0 Å². The minimum absolute atomic E-state index is 0.594. The largest absolute Gasteiger partial charge is 0.366 e. The molecule has 1 aromatic rings. The fourth-order valence-corrected chi connectivity index (χ4v) is 12.2. The molecule has 0 N–H and O–H groups in total. The van der Waals surface area contributed by atoms with Crippen LogP contribution in [0.4, 0.5) is 0 Å². The highest BCUT2D eigenvalue weighted by atomic mass is 32.1. The third kappa shape index (κ3) is 2.60. The topological polar surface area (TPSA) is 11.3 Å². The zero-order valence-corrected chi connectivity index (χ0v) is 18.9. The van der Waals surface area contributed by atoms with Crippen molar-refractivity contribution in [3.63, 3.8) is 0 Å². The van der Waals surface area contributed by atoms with Gasteiger partial charge in [0.1, 0.15) is 4.88 Å². The van der Waals surface area contributed by atoms with Gasteiger partial charge < -0.3 is 0 Å². The van der Waals surface area contributed by atoms with Crippen LogP contribution in [0.1, 0.15) is 94.8 Å². The number of rotatable bonds is 4. The van der Waals surface area contributed by atoms with Crippen molar-refractivity contribution in [2.75, 3.05) is 0 Å². The summed E-state index contributed by atoms with van der Waals surface area (Å²) < 4.78 is 6.17. The maximum atomic E-state index is 6.17. The Morgan fingerprint density at radius 2 is 1.21 bits per heavy atom. The first-order valence-corrected chi connectivity index (χ1v) is 13.5. The van der Waals surface area contributed by atoms with Gasteiger partial charge in [-0.3, -0.25) is 0 Å². The molecule has 8 saturated carbocycles. The van der Waals surface area contributed by atoms with Crippen molar-refractivity contribution in [2.24, 2.45) is 46.3 Å². The molecule has 8 aliphatic carbocycles. The molecule has 0 spiro atoms. The average molecular weight is 410 g/mol. The summed E-state index contributed by atoms with van der Waals surface area (Å²) in [6, 6.07) is 2.29. The molecule has 0 aliphatic heterocycles. The van der Waals surface area contributed by atoms with E-state index in [1.54, 1.807) is 81.9 Å².